The minimum absolute atomic E-state index is 0.0217. The van der Waals surface area contributed by atoms with Crippen LogP contribution in [0.15, 0.2) is 6.07 Å². The summed E-state index contributed by atoms with van der Waals surface area (Å²) in [6, 6.07) is 1.76. The molecule has 0 spiro atoms. The molecule has 0 aromatic carbocycles. The first kappa shape index (κ1) is 12.4. The van der Waals surface area contributed by atoms with Gasteiger partial charge in [0.15, 0.2) is 0 Å². The Morgan fingerprint density at radius 3 is 2.88 bits per heavy atom. The standard InChI is InChI=1S/C11H16N2O3/c1-3-4-9-7-10(13-8(2)12-9)16-6-5-11(14)15/h7H,3-6H2,1-2H3,(H,14,15). The second-order valence-corrected chi connectivity index (χ2v) is 3.49. The van der Waals surface area contributed by atoms with E-state index in [1.54, 1.807) is 13.0 Å². The third kappa shape index (κ3) is 4.25. The lowest BCUT2D eigenvalue weighted by Gasteiger charge is -2.06. The molecule has 5 nitrogen and oxygen atoms in total. The van der Waals surface area contributed by atoms with Gasteiger partial charge in [-0.15, -0.1) is 0 Å². The zero-order chi connectivity index (χ0) is 12.0. The first-order chi connectivity index (χ1) is 7.61. The van der Waals surface area contributed by atoms with Gasteiger partial charge in [0.25, 0.3) is 0 Å². The molecule has 0 atom stereocenters. The van der Waals surface area contributed by atoms with E-state index >= 15 is 0 Å². The van der Waals surface area contributed by atoms with Gasteiger partial charge in [-0.05, 0) is 13.3 Å². The van der Waals surface area contributed by atoms with Crippen molar-refractivity contribution in [2.75, 3.05) is 6.61 Å². The summed E-state index contributed by atoms with van der Waals surface area (Å²) >= 11 is 0. The second kappa shape index (κ2) is 6.05. The summed E-state index contributed by atoms with van der Waals surface area (Å²) < 4.78 is 5.25. The number of nitrogens with zero attached hydrogens (tertiary/aromatic N) is 2. The molecule has 1 aromatic rings. The summed E-state index contributed by atoms with van der Waals surface area (Å²) in [4.78, 5) is 18.7. The van der Waals surface area contributed by atoms with Gasteiger partial charge in [0.1, 0.15) is 12.4 Å². The zero-order valence-corrected chi connectivity index (χ0v) is 9.56. The summed E-state index contributed by atoms with van der Waals surface area (Å²) in [5.41, 5.74) is 0.931. The molecule has 1 rings (SSSR count). The average molecular weight is 224 g/mol. The molecule has 0 amide bonds. The fourth-order valence-electron chi connectivity index (χ4n) is 1.30. The topological polar surface area (TPSA) is 72.3 Å². The number of aliphatic carboxylic acids is 1. The predicted molar refractivity (Wildman–Crippen MR) is 58.5 cm³/mol. The summed E-state index contributed by atoms with van der Waals surface area (Å²) in [5.74, 6) is 0.230. The number of rotatable bonds is 6. The van der Waals surface area contributed by atoms with E-state index in [0.29, 0.717) is 11.7 Å². The molecule has 0 saturated heterocycles. The van der Waals surface area contributed by atoms with Crippen molar-refractivity contribution >= 4 is 5.97 Å². The van der Waals surface area contributed by atoms with E-state index in [4.69, 9.17) is 9.84 Å². The first-order valence-electron chi connectivity index (χ1n) is 5.31. The maximum Gasteiger partial charge on any atom is 0.306 e. The van der Waals surface area contributed by atoms with E-state index in [0.717, 1.165) is 18.5 Å². The smallest absolute Gasteiger partial charge is 0.306 e. The minimum atomic E-state index is -0.875. The minimum Gasteiger partial charge on any atom is -0.481 e. The van der Waals surface area contributed by atoms with Crippen molar-refractivity contribution in [3.8, 4) is 5.88 Å². The number of ether oxygens (including phenoxy) is 1. The van der Waals surface area contributed by atoms with E-state index in [1.807, 2.05) is 0 Å². The van der Waals surface area contributed by atoms with Gasteiger partial charge in [0, 0.05) is 11.8 Å². The van der Waals surface area contributed by atoms with Gasteiger partial charge in [-0.3, -0.25) is 4.79 Å². The van der Waals surface area contributed by atoms with Crippen molar-refractivity contribution < 1.29 is 14.6 Å². The molecule has 88 valence electrons. The van der Waals surface area contributed by atoms with Gasteiger partial charge in [-0.2, -0.15) is 4.98 Å². The number of aryl methyl sites for hydroxylation is 2. The molecule has 0 saturated carbocycles. The van der Waals surface area contributed by atoms with E-state index in [9.17, 15) is 4.79 Å². The third-order valence-corrected chi connectivity index (χ3v) is 1.94. The molecule has 1 aromatic heterocycles. The molecule has 1 N–H and O–H groups in total. The van der Waals surface area contributed by atoms with Crippen LogP contribution in [-0.2, 0) is 11.2 Å². The van der Waals surface area contributed by atoms with E-state index in [-0.39, 0.29) is 13.0 Å². The molecule has 16 heavy (non-hydrogen) atoms. The van der Waals surface area contributed by atoms with Gasteiger partial charge in [0.05, 0.1) is 6.42 Å². The van der Waals surface area contributed by atoms with Gasteiger partial charge in [0.2, 0.25) is 5.88 Å². The van der Waals surface area contributed by atoms with Gasteiger partial charge < -0.3 is 9.84 Å². The Morgan fingerprint density at radius 2 is 2.25 bits per heavy atom. The van der Waals surface area contributed by atoms with Crippen LogP contribution >= 0.6 is 0 Å². The molecule has 5 heteroatoms. The summed E-state index contributed by atoms with van der Waals surface area (Å²) in [6.07, 6.45) is 1.86. The normalized spacial score (nSPS) is 10.1. The van der Waals surface area contributed by atoms with Crippen LogP contribution in [-0.4, -0.2) is 27.7 Å². The molecule has 0 unspecified atom stereocenters. The van der Waals surface area contributed by atoms with Crippen LogP contribution in [0, 0.1) is 6.92 Å². The summed E-state index contributed by atoms with van der Waals surface area (Å²) in [5, 5.41) is 8.47. The van der Waals surface area contributed by atoms with Gasteiger partial charge in [-0.25, -0.2) is 4.98 Å². The lowest BCUT2D eigenvalue weighted by Crippen LogP contribution is -2.07. The van der Waals surface area contributed by atoms with E-state index in [2.05, 4.69) is 16.9 Å². The van der Waals surface area contributed by atoms with Crippen LogP contribution in [0.25, 0.3) is 0 Å². The average Bonchev–Trinajstić information content (AvgIpc) is 2.16. The molecular formula is C11H16N2O3. The Balaban J connectivity index is 2.61. The van der Waals surface area contributed by atoms with Gasteiger partial charge >= 0.3 is 5.97 Å². The number of hydrogen-bond donors (Lipinski definition) is 1. The van der Waals surface area contributed by atoms with Crippen molar-refractivity contribution in [2.45, 2.75) is 33.1 Å². The Bertz CT molecular complexity index is 366. The second-order valence-electron chi connectivity index (χ2n) is 3.49. The highest BCUT2D eigenvalue weighted by Gasteiger charge is 2.03. The maximum absolute atomic E-state index is 10.3. The molecule has 0 aliphatic rings. The van der Waals surface area contributed by atoms with Crippen molar-refractivity contribution in [1.82, 2.24) is 9.97 Å². The Labute approximate surface area is 94.5 Å². The van der Waals surface area contributed by atoms with Crippen LogP contribution in [0.2, 0.25) is 0 Å². The number of hydrogen-bond acceptors (Lipinski definition) is 4. The molecule has 0 aliphatic heterocycles. The van der Waals surface area contributed by atoms with Crippen LogP contribution in [0.5, 0.6) is 5.88 Å². The van der Waals surface area contributed by atoms with Crippen molar-refractivity contribution in [3.05, 3.63) is 17.6 Å². The molecule has 0 aliphatic carbocycles. The Kier molecular flexibility index (Phi) is 4.69. The fourth-order valence-corrected chi connectivity index (χ4v) is 1.30. The molecule has 1 heterocycles. The first-order valence-corrected chi connectivity index (χ1v) is 5.31. The number of aromatic nitrogens is 2. The van der Waals surface area contributed by atoms with Crippen molar-refractivity contribution in [1.29, 1.82) is 0 Å². The SMILES string of the molecule is CCCc1cc(OCCC(=O)O)nc(C)n1. The molecule has 0 bridgehead atoms. The summed E-state index contributed by atoms with van der Waals surface area (Å²) in [6.45, 7) is 4.00. The summed E-state index contributed by atoms with van der Waals surface area (Å²) in [7, 11) is 0. The van der Waals surface area contributed by atoms with Crippen LogP contribution in [0.1, 0.15) is 31.3 Å². The number of carboxylic acid groups (broad SMARTS) is 1. The number of carboxylic acids is 1. The van der Waals surface area contributed by atoms with Crippen molar-refractivity contribution in [3.63, 3.8) is 0 Å². The maximum atomic E-state index is 10.3. The predicted octanol–water partition coefficient (Wildman–Crippen LogP) is 1.59. The largest absolute Gasteiger partial charge is 0.481 e. The highest BCUT2D eigenvalue weighted by atomic mass is 16.5. The quantitative estimate of drug-likeness (QED) is 0.794. The molecule has 0 radical (unpaired) electrons. The van der Waals surface area contributed by atoms with Crippen LogP contribution < -0.4 is 4.74 Å². The Morgan fingerprint density at radius 1 is 1.50 bits per heavy atom. The van der Waals surface area contributed by atoms with Crippen LogP contribution in [0.4, 0.5) is 0 Å². The molecular weight excluding hydrogens is 208 g/mol. The van der Waals surface area contributed by atoms with Crippen molar-refractivity contribution in [2.24, 2.45) is 0 Å². The third-order valence-electron chi connectivity index (χ3n) is 1.94. The van der Waals surface area contributed by atoms with Gasteiger partial charge in [-0.1, -0.05) is 13.3 Å². The monoisotopic (exact) mass is 224 g/mol. The zero-order valence-electron chi connectivity index (χ0n) is 9.56. The lowest BCUT2D eigenvalue weighted by molar-refractivity contribution is -0.137. The van der Waals surface area contributed by atoms with E-state index in [1.165, 1.54) is 0 Å². The molecule has 0 fully saturated rings. The lowest BCUT2D eigenvalue weighted by atomic mass is 10.2. The highest BCUT2D eigenvalue weighted by Crippen LogP contribution is 2.11. The number of carbonyl (C=O) groups is 1. The van der Waals surface area contributed by atoms with Crippen LogP contribution in [0.3, 0.4) is 0 Å². The van der Waals surface area contributed by atoms with E-state index < -0.39 is 5.97 Å². The fraction of sp³-hybridized carbons (Fsp3) is 0.545. The Hall–Kier alpha value is -1.65. The highest BCUT2D eigenvalue weighted by molar-refractivity contribution is 5.66.